The first-order valence-electron chi connectivity index (χ1n) is 6.66. The maximum atomic E-state index is 14.2. The smallest absolute Gasteiger partial charge is 0.185 e. The molecule has 2 aromatic carbocycles. The Morgan fingerprint density at radius 2 is 1.81 bits per heavy atom. The van der Waals surface area contributed by atoms with E-state index >= 15 is 0 Å². The van der Waals surface area contributed by atoms with Crippen LogP contribution < -0.4 is 0 Å². The molecule has 0 unspecified atom stereocenters. The van der Waals surface area contributed by atoms with Crippen LogP contribution in [-0.4, -0.2) is 9.55 Å². The summed E-state index contributed by atoms with van der Waals surface area (Å²) in [6.45, 7) is 2.06. The van der Waals surface area contributed by atoms with Crippen LogP contribution >= 0.6 is 11.6 Å². The fourth-order valence-corrected chi connectivity index (χ4v) is 2.58. The molecule has 1 heterocycles. The Bertz CT molecular complexity index is 794. The van der Waals surface area contributed by atoms with Gasteiger partial charge in [0.25, 0.3) is 0 Å². The van der Waals surface area contributed by atoms with Crippen molar-refractivity contribution >= 4 is 22.6 Å². The van der Waals surface area contributed by atoms with Crippen LogP contribution in [0.3, 0.4) is 0 Å². The van der Waals surface area contributed by atoms with Crippen molar-refractivity contribution in [2.45, 2.75) is 19.2 Å². The Morgan fingerprint density at radius 3 is 2.43 bits per heavy atom. The Hall–Kier alpha value is -1.94. The highest BCUT2D eigenvalue weighted by Gasteiger charge is 2.18. The Morgan fingerprint density at radius 1 is 1.10 bits per heavy atom. The lowest BCUT2D eigenvalue weighted by molar-refractivity contribution is 0.514. The molecule has 0 amide bonds. The number of alkyl halides is 1. The third-order valence-corrected chi connectivity index (χ3v) is 3.74. The highest BCUT2D eigenvalue weighted by Crippen LogP contribution is 2.26. The van der Waals surface area contributed by atoms with Crippen LogP contribution in [0.25, 0.3) is 16.7 Å². The van der Waals surface area contributed by atoms with Gasteiger partial charge >= 0.3 is 0 Å². The standard InChI is InChI=1S/C16H13ClF2N2/c1-2-10-3-5-11(6-4-10)21-14(9-17)20-13-8-7-12(18)15(19)16(13)21/h3-8H,2,9H2,1H3. The number of imidazole rings is 1. The van der Waals surface area contributed by atoms with Crippen LogP contribution in [0.2, 0.25) is 0 Å². The molecular formula is C16H13ClF2N2. The lowest BCUT2D eigenvalue weighted by Gasteiger charge is -2.09. The largest absolute Gasteiger partial charge is 0.293 e. The molecular weight excluding hydrogens is 294 g/mol. The summed E-state index contributed by atoms with van der Waals surface area (Å²) in [7, 11) is 0. The van der Waals surface area contributed by atoms with Gasteiger partial charge in [-0.2, -0.15) is 0 Å². The summed E-state index contributed by atoms with van der Waals surface area (Å²) in [5.41, 5.74) is 2.40. The van der Waals surface area contributed by atoms with Gasteiger partial charge in [-0.3, -0.25) is 4.57 Å². The molecule has 0 radical (unpaired) electrons. The van der Waals surface area contributed by atoms with Crippen molar-refractivity contribution in [2.24, 2.45) is 0 Å². The summed E-state index contributed by atoms with van der Waals surface area (Å²) in [6, 6.07) is 10.2. The number of fused-ring (bicyclic) bond motifs is 1. The number of halogens is 3. The van der Waals surface area contributed by atoms with E-state index in [9.17, 15) is 8.78 Å². The number of hydrogen-bond donors (Lipinski definition) is 0. The molecule has 1 aromatic heterocycles. The van der Waals surface area contributed by atoms with E-state index in [2.05, 4.69) is 11.9 Å². The zero-order valence-electron chi connectivity index (χ0n) is 11.4. The topological polar surface area (TPSA) is 17.8 Å². The molecule has 0 spiro atoms. The van der Waals surface area contributed by atoms with E-state index in [4.69, 9.17) is 11.6 Å². The van der Waals surface area contributed by atoms with E-state index in [0.717, 1.165) is 18.2 Å². The first-order chi connectivity index (χ1) is 10.2. The molecule has 0 saturated heterocycles. The van der Waals surface area contributed by atoms with Crippen molar-refractivity contribution in [3.63, 3.8) is 0 Å². The van der Waals surface area contributed by atoms with Crippen LogP contribution in [0.15, 0.2) is 36.4 Å². The number of benzene rings is 2. The van der Waals surface area contributed by atoms with Gasteiger partial charge in [0.1, 0.15) is 11.3 Å². The second-order valence-corrected chi connectivity index (χ2v) is 5.01. The highest BCUT2D eigenvalue weighted by atomic mass is 35.5. The average molecular weight is 307 g/mol. The monoisotopic (exact) mass is 306 g/mol. The van der Waals surface area contributed by atoms with Crippen molar-refractivity contribution in [1.82, 2.24) is 9.55 Å². The minimum absolute atomic E-state index is 0.116. The number of rotatable bonds is 3. The zero-order chi connectivity index (χ0) is 15.0. The molecule has 0 N–H and O–H groups in total. The van der Waals surface area contributed by atoms with Gasteiger partial charge in [0.05, 0.1) is 11.4 Å². The van der Waals surface area contributed by atoms with E-state index in [0.29, 0.717) is 11.3 Å². The van der Waals surface area contributed by atoms with Gasteiger partial charge in [-0.25, -0.2) is 13.8 Å². The van der Waals surface area contributed by atoms with Crippen LogP contribution in [-0.2, 0) is 12.3 Å². The second-order valence-electron chi connectivity index (χ2n) is 4.75. The van der Waals surface area contributed by atoms with Crippen molar-refractivity contribution in [1.29, 1.82) is 0 Å². The van der Waals surface area contributed by atoms with Crippen molar-refractivity contribution in [3.05, 3.63) is 59.4 Å². The summed E-state index contributed by atoms with van der Waals surface area (Å²) < 4.78 is 29.3. The predicted octanol–water partition coefficient (Wildman–Crippen LogP) is 4.60. The van der Waals surface area contributed by atoms with Crippen LogP contribution in [0.5, 0.6) is 0 Å². The van der Waals surface area contributed by atoms with Gasteiger partial charge in [-0.1, -0.05) is 19.1 Å². The molecule has 21 heavy (non-hydrogen) atoms. The molecule has 0 aliphatic heterocycles. The quantitative estimate of drug-likeness (QED) is 0.646. The fourth-order valence-electron chi connectivity index (χ4n) is 2.40. The van der Waals surface area contributed by atoms with Crippen LogP contribution in [0.1, 0.15) is 18.3 Å². The highest BCUT2D eigenvalue weighted by molar-refractivity contribution is 6.17. The third-order valence-electron chi connectivity index (χ3n) is 3.50. The molecule has 3 aromatic rings. The van der Waals surface area contributed by atoms with E-state index < -0.39 is 11.6 Å². The van der Waals surface area contributed by atoms with Gasteiger partial charge in [-0.05, 0) is 36.2 Å². The normalized spacial score (nSPS) is 11.2. The molecule has 108 valence electrons. The number of hydrogen-bond acceptors (Lipinski definition) is 1. The van der Waals surface area contributed by atoms with E-state index in [1.807, 2.05) is 24.3 Å². The number of nitrogens with zero attached hydrogens (tertiary/aromatic N) is 2. The molecule has 2 nitrogen and oxygen atoms in total. The van der Waals surface area contributed by atoms with Crippen LogP contribution in [0, 0.1) is 11.6 Å². The predicted molar refractivity (Wildman–Crippen MR) is 79.9 cm³/mol. The lowest BCUT2D eigenvalue weighted by Crippen LogP contribution is -2.01. The maximum Gasteiger partial charge on any atom is 0.185 e. The number of aryl methyl sites for hydroxylation is 1. The first-order valence-corrected chi connectivity index (χ1v) is 7.19. The molecule has 3 rings (SSSR count). The zero-order valence-corrected chi connectivity index (χ0v) is 12.2. The van der Waals surface area contributed by atoms with E-state index in [-0.39, 0.29) is 11.4 Å². The van der Waals surface area contributed by atoms with Crippen LogP contribution in [0.4, 0.5) is 8.78 Å². The maximum absolute atomic E-state index is 14.2. The first kappa shape index (κ1) is 14.0. The number of aromatic nitrogens is 2. The van der Waals surface area contributed by atoms with Gasteiger partial charge < -0.3 is 0 Å². The fraction of sp³-hybridized carbons (Fsp3) is 0.188. The minimum atomic E-state index is -0.907. The van der Waals surface area contributed by atoms with Crippen molar-refractivity contribution in [3.8, 4) is 5.69 Å². The summed E-state index contributed by atoms with van der Waals surface area (Å²) >= 11 is 5.90. The summed E-state index contributed by atoms with van der Waals surface area (Å²) in [4.78, 5) is 4.28. The minimum Gasteiger partial charge on any atom is -0.293 e. The molecule has 5 heteroatoms. The molecule has 0 saturated carbocycles. The molecule has 0 bridgehead atoms. The van der Waals surface area contributed by atoms with Gasteiger partial charge in [0, 0.05) is 5.69 Å². The van der Waals surface area contributed by atoms with Gasteiger partial charge in [-0.15, -0.1) is 11.6 Å². The van der Waals surface area contributed by atoms with Gasteiger partial charge in [0.2, 0.25) is 0 Å². The summed E-state index contributed by atoms with van der Waals surface area (Å²) in [6.07, 6.45) is 0.913. The molecule has 0 fully saturated rings. The SMILES string of the molecule is CCc1ccc(-n2c(CCl)nc3ccc(F)c(F)c32)cc1. The third kappa shape index (κ3) is 2.29. The summed E-state index contributed by atoms with van der Waals surface area (Å²) in [5.74, 6) is -1.20. The van der Waals surface area contributed by atoms with E-state index in [1.54, 1.807) is 4.57 Å². The second kappa shape index (κ2) is 5.45. The van der Waals surface area contributed by atoms with Gasteiger partial charge in [0.15, 0.2) is 11.6 Å². The average Bonchev–Trinajstić information content (AvgIpc) is 2.90. The Balaban J connectivity index is 2.30. The molecule has 0 atom stereocenters. The molecule has 0 aliphatic rings. The Kier molecular flexibility index (Phi) is 3.64. The summed E-state index contributed by atoms with van der Waals surface area (Å²) in [5, 5.41) is 0. The van der Waals surface area contributed by atoms with E-state index in [1.165, 1.54) is 11.6 Å². The Labute approximate surface area is 126 Å². The van der Waals surface area contributed by atoms with Crippen molar-refractivity contribution in [2.75, 3.05) is 0 Å². The lowest BCUT2D eigenvalue weighted by atomic mass is 10.1. The van der Waals surface area contributed by atoms with Crippen molar-refractivity contribution < 1.29 is 8.78 Å². The molecule has 0 aliphatic carbocycles.